The van der Waals surface area contributed by atoms with Gasteiger partial charge in [-0.05, 0) is 31.0 Å². The fraction of sp³-hybridized carbons (Fsp3) is 0.417. The van der Waals surface area contributed by atoms with Crippen LogP contribution >= 0.6 is 24.0 Å². The van der Waals surface area contributed by atoms with Crippen molar-refractivity contribution < 1.29 is 9.53 Å². The summed E-state index contributed by atoms with van der Waals surface area (Å²) in [5.74, 6) is 2.12. The van der Waals surface area contributed by atoms with E-state index in [1.54, 1.807) is 7.05 Å². The summed E-state index contributed by atoms with van der Waals surface area (Å²) in [7, 11) is 1.75. The molecule has 31 heavy (non-hydrogen) atoms. The minimum atomic E-state index is 0. The molecule has 2 unspecified atom stereocenters. The normalized spacial score (nSPS) is 17.1. The number of amides is 1. The Morgan fingerprint density at radius 2 is 1.81 bits per heavy atom. The van der Waals surface area contributed by atoms with Gasteiger partial charge in [-0.15, -0.1) is 24.0 Å². The minimum Gasteiger partial charge on any atom is -0.489 e. The third kappa shape index (κ3) is 8.40. The third-order valence-corrected chi connectivity index (χ3v) is 5.23. The smallest absolute Gasteiger partial charge is 0.223 e. The maximum absolute atomic E-state index is 12.3. The van der Waals surface area contributed by atoms with Gasteiger partial charge in [0.15, 0.2) is 5.96 Å². The molecular weight excluding hydrogens is 503 g/mol. The molecule has 7 heteroatoms. The summed E-state index contributed by atoms with van der Waals surface area (Å²) < 4.78 is 5.88. The SMILES string of the molecule is CN=C(NCC1CC(=O)N(CCc2ccccc2)C1)NCC(C)Oc1ccccc1.I. The average molecular weight is 536 g/mol. The van der Waals surface area contributed by atoms with Gasteiger partial charge in [-0.3, -0.25) is 9.79 Å². The van der Waals surface area contributed by atoms with Gasteiger partial charge in [-0.1, -0.05) is 48.5 Å². The van der Waals surface area contributed by atoms with E-state index in [2.05, 4.69) is 27.8 Å². The summed E-state index contributed by atoms with van der Waals surface area (Å²) in [6.45, 7) is 4.96. The van der Waals surface area contributed by atoms with Crippen molar-refractivity contribution in [3.63, 3.8) is 0 Å². The lowest BCUT2D eigenvalue weighted by molar-refractivity contribution is -0.127. The van der Waals surface area contributed by atoms with Crippen molar-refractivity contribution in [2.24, 2.45) is 10.9 Å². The van der Waals surface area contributed by atoms with E-state index in [-0.39, 0.29) is 36.0 Å². The maximum Gasteiger partial charge on any atom is 0.223 e. The van der Waals surface area contributed by atoms with Gasteiger partial charge in [0.2, 0.25) is 5.91 Å². The highest BCUT2D eigenvalue weighted by molar-refractivity contribution is 14.0. The van der Waals surface area contributed by atoms with Crippen molar-refractivity contribution in [2.75, 3.05) is 33.2 Å². The van der Waals surface area contributed by atoms with Crippen molar-refractivity contribution in [2.45, 2.75) is 25.9 Å². The van der Waals surface area contributed by atoms with E-state index in [1.807, 2.05) is 60.4 Å². The van der Waals surface area contributed by atoms with Crippen molar-refractivity contribution >= 4 is 35.8 Å². The van der Waals surface area contributed by atoms with Gasteiger partial charge >= 0.3 is 0 Å². The summed E-state index contributed by atoms with van der Waals surface area (Å²) >= 11 is 0. The van der Waals surface area contributed by atoms with Crippen LogP contribution in [-0.2, 0) is 11.2 Å². The molecule has 6 nitrogen and oxygen atoms in total. The van der Waals surface area contributed by atoms with E-state index in [0.717, 1.165) is 37.8 Å². The number of carbonyl (C=O) groups is 1. The lowest BCUT2D eigenvalue weighted by Gasteiger charge is -2.19. The molecule has 1 aliphatic rings. The molecule has 0 radical (unpaired) electrons. The molecule has 2 aromatic rings. The first-order valence-electron chi connectivity index (χ1n) is 10.6. The fourth-order valence-corrected chi connectivity index (χ4v) is 3.59. The molecule has 2 aromatic carbocycles. The van der Waals surface area contributed by atoms with Crippen LogP contribution in [0.15, 0.2) is 65.7 Å². The molecule has 0 saturated carbocycles. The van der Waals surface area contributed by atoms with E-state index in [4.69, 9.17) is 4.74 Å². The number of ether oxygens (including phenoxy) is 1. The molecule has 1 aliphatic heterocycles. The summed E-state index contributed by atoms with van der Waals surface area (Å²) in [5, 5.41) is 6.65. The van der Waals surface area contributed by atoms with Gasteiger partial charge < -0.3 is 20.3 Å². The number of nitrogens with zero attached hydrogens (tertiary/aromatic N) is 2. The van der Waals surface area contributed by atoms with Gasteiger partial charge in [0.1, 0.15) is 11.9 Å². The monoisotopic (exact) mass is 536 g/mol. The zero-order valence-electron chi connectivity index (χ0n) is 18.3. The van der Waals surface area contributed by atoms with Crippen molar-refractivity contribution in [1.82, 2.24) is 15.5 Å². The number of benzene rings is 2. The second-order valence-corrected chi connectivity index (χ2v) is 7.72. The van der Waals surface area contributed by atoms with Gasteiger partial charge in [0.25, 0.3) is 0 Å². The largest absolute Gasteiger partial charge is 0.489 e. The maximum atomic E-state index is 12.3. The zero-order chi connectivity index (χ0) is 21.2. The van der Waals surface area contributed by atoms with E-state index in [9.17, 15) is 4.79 Å². The fourth-order valence-electron chi connectivity index (χ4n) is 3.59. The number of carbonyl (C=O) groups excluding carboxylic acids is 1. The molecule has 0 aromatic heterocycles. The summed E-state index contributed by atoms with van der Waals surface area (Å²) in [6.07, 6.45) is 1.49. The number of guanidine groups is 1. The molecule has 1 heterocycles. The number of aliphatic imine (C=N–C) groups is 1. The van der Waals surface area contributed by atoms with Crippen LogP contribution in [0.5, 0.6) is 5.75 Å². The zero-order valence-corrected chi connectivity index (χ0v) is 20.6. The van der Waals surface area contributed by atoms with Gasteiger partial charge in [-0.2, -0.15) is 0 Å². The lowest BCUT2D eigenvalue weighted by Crippen LogP contribution is -2.43. The Balaban J connectivity index is 0.00000341. The molecule has 2 atom stereocenters. The molecule has 3 rings (SSSR count). The second kappa shape index (κ2) is 13.2. The predicted molar refractivity (Wildman–Crippen MR) is 136 cm³/mol. The van der Waals surface area contributed by atoms with E-state index >= 15 is 0 Å². The Morgan fingerprint density at radius 3 is 2.48 bits per heavy atom. The standard InChI is InChI=1S/C24H32N4O2.HI/c1-19(30-22-11-7-4-8-12-22)16-26-24(25-2)27-17-21-15-23(29)28(18-21)14-13-20-9-5-3-6-10-20;/h3-12,19,21H,13-18H2,1-2H3,(H2,25,26,27);1H. The average Bonchev–Trinajstić information content (AvgIpc) is 3.13. The Bertz CT molecular complexity index is 817. The van der Waals surface area contributed by atoms with E-state index in [1.165, 1.54) is 5.56 Å². The van der Waals surface area contributed by atoms with Crippen molar-refractivity contribution in [1.29, 1.82) is 0 Å². The molecule has 1 amide bonds. The van der Waals surface area contributed by atoms with Crippen LogP contribution in [0.3, 0.4) is 0 Å². The summed E-state index contributed by atoms with van der Waals surface area (Å²) in [5.41, 5.74) is 1.27. The summed E-state index contributed by atoms with van der Waals surface area (Å²) in [4.78, 5) is 18.6. The highest BCUT2D eigenvalue weighted by atomic mass is 127. The molecule has 0 aliphatic carbocycles. The van der Waals surface area contributed by atoms with Crippen LogP contribution in [-0.4, -0.2) is 56.1 Å². The van der Waals surface area contributed by atoms with Crippen LogP contribution in [0.2, 0.25) is 0 Å². The Morgan fingerprint density at radius 1 is 1.13 bits per heavy atom. The van der Waals surface area contributed by atoms with E-state index in [0.29, 0.717) is 18.9 Å². The van der Waals surface area contributed by atoms with Crippen LogP contribution in [0.4, 0.5) is 0 Å². The molecular formula is C24H33IN4O2. The van der Waals surface area contributed by atoms with Gasteiger partial charge in [0, 0.05) is 39.0 Å². The van der Waals surface area contributed by atoms with Crippen LogP contribution in [0.1, 0.15) is 18.9 Å². The second-order valence-electron chi connectivity index (χ2n) is 7.72. The van der Waals surface area contributed by atoms with Gasteiger partial charge in [0.05, 0.1) is 6.54 Å². The highest BCUT2D eigenvalue weighted by Crippen LogP contribution is 2.17. The first-order valence-corrected chi connectivity index (χ1v) is 10.6. The quantitative estimate of drug-likeness (QED) is 0.293. The number of halogens is 1. The van der Waals surface area contributed by atoms with E-state index < -0.39 is 0 Å². The number of hydrogen-bond donors (Lipinski definition) is 2. The molecule has 0 spiro atoms. The number of hydrogen-bond acceptors (Lipinski definition) is 3. The molecule has 168 valence electrons. The third-order valence-electron chi connectivity index (χ3n) is 5.23. The number of para-hydroxylation sites is 1. The Kier molecular flexibility index (Phi) is 10.6. The number of rotatable bonds is 9. The van der Waals surface area contributed by atoms with Crippen LogP contribution in [0.25, 0.3) is 0 Å². The molecule has 1 fully saturated rings. The molecule has 2 N–H and O–H groups in total. The summed E-state index contributed by atoms with van der Waals surface area (Å²) in [6, 6.07) is 20.1. The van der Waals surface area contributed by atoms with Crippen LogP contribution < -0.4 is 15.4 Å². The first kappa shape index (κ1) is 25.0. The number of likely N-dealkylation sites (tertiary alicyclic amines) is 1. The lowest BCUT2D eigenvalue weighted by atomic mass is 10.1. The van der Waals surface area contributed by atoms with Crippen LogP contribution in [0, 0.1) is 5.92 Å². The highest BCUT2D eigenvalue weighted by Gasteiger charge is 2.29. The first-order chi connectivity index (χ1) is 14.6. The Hall–Kier alpha value is -2.29. The molecule has 1 saturated heterocycles. The topological polar surface area (TPSA) is 66.0 Å². The Labute approximate surface area is 202 Å². The van der Waals surface area contributed by atoms with Gasteiger partial charge in [-0.25, -0.2) is 0 Å². The minimum absolute atomic E-state index is 0. The van der Waals surface area contributed by atoms with Crippen molar-refractivity contribution in [3.05, 3.63) is 66.2 Å². The predicted octanol–water partition coefficient (Wildman–Crippen LogP) is 3.33. The molecule has 0 bridgehead atoms. The van der Waals surface area contributed by atoms with Crippen molar-refractivity contribution in [3.8, 4) is 5.75 Å². The number of nitrogens with one attached hydrogen (secondary N) is 2.